The quantitative estimate of drug-likeness (QED) is 0.739. The average molecular weight is 229 g/mol. The lowest BCUT2D eigenvalue weighted by molar-refractivity contribution is 0.477. The summed E-state index contributed by atoms with van der Waals surface area (Å²) in [5.74, 6) is -0.352. The van der Waals surface area contributed by atoms with Gasteiger partial charge in [0.1, 0.15) is 0 Å². The number of aromatic nitrogens is 1. The second-order valence-corrected chi connectivity index (χ2v) is 3.87. The first-order valence-corrected chi connectivity index (χ1v) is 5.59. The van der Waals surface area contributed by atoms with Crippen molar-refractivity contribution in [2.45, 2.75) is 20.8 Å². The number of oxazole rings is 1. The Kier molecular flexibility index (Phi) is 3.00. The van der Waals surface area contributed by atoms with Crippen LogP contribution in [-0.2, 0) is 0 Å². The largest absolute Gasteiger partial charge is 0.424 e. The Morgan fingerprint density at radius 3 is 2.29 bits per heavy atom. The first kappa shape index (κ1) is 11.5. The van der Waals surface area contributed by atoms with E-state index in [4.69, 9.17) is 4.42 Å². The van der Waals surface area contributed by atoms with Crippen LogP contribution in [0.1, 0.15) is 19.4 Å². The third-order valence-corrected chi connectivity index (χ3v) is 2.70. The van der Waals surface area contributed by atoms with Crippen LogP contribution < -0.4 is 16.5 Å². The maximum absolute atomic E-state index is 11.8. The van der Waals surface area contributed by atoms with Crippen molar-refractivity contribution in [2.24, 2.45) is 0 Å². The maximum Gasteiger partial charge on any atom is 0.424 e. The minimum absolute atomic E-state index is 0.352. The molecule has 1 aromatic carbocycles. The molecule has 0 amide bonds. The van der Waals surface area contributed by atoms with Crippen molar-refractivity contribution < 1.29 is 4.42 Å². The smallest absolute Gasteiger partial charge is 0.408 e. The summed E-state index contributed by atoms with van der Waals surface area (Å²) >= 11 is 0. The van der Waals surface area contributed by atoms with Crippen molar-refractivity contribution in [3.8, 4) is 5.69 Å². The zero-order chi connectivity index (χ0) is 12.4. The zero-order valence-electron chi connectivity index (χ0n) is 10.2. The third kappa shape index (κ3) is 1.96. The van der Waals surface area contributed by atoms with Crippen LogP contribution in [0.15, 0.2) is 33.5 Å². The molecule has 0 bridgehead atoms. The molecule has 0 unspecified atom stereocenters. The van der Waals surface area contributed by atoms with Gasteiger partial charge < -0.3 is 4.42 Å². The normalized spacial score (nSPS) is 13.4. The Balaban J connectivity index is 2.81. The summed E-state index contributed by atoms with van der Waals surface area (Å²) < 4.78 is 6.77. The van der Waals surface area contributed by atoms with Gasteiger partial charge >= 0.3 is 5.76 Å². The van der Waals surface area contributed by atoms with Crippen LogP contribution in [0.2, 0.25) is 0 Å². The van der Waals surface area contributed by atoms with E-state index < -0.39 is 0 Å². The third-order valence-electron chi connectivity index (χ3n) is 2.70. The predicted molar refractivity (Wildman–Crippen MR) is 68.6 cm³/mol. The predicted octanol–water partition coefficient (Wildman–Crippen LogP) is 1.34. The van der Waals surface area contributed by atoms with E-state index in [9.17, 15) is 4.79 Å². The monoisotopic (exact) mass is 229 g/mol. The van der Waals surface area contributed by atoms with Crippen molar-refractivity contribution in [3.63, 3.8) is 0 Å². The average Bonchev–Trinajstić information content (AvgIpc) is 2.66. The van der Waals surface area contributed by atoms with Crippen LogP contribution in [0.5, 0.6) is 0 Å². The molecule has 0 aliphatic rings. The molecule has 0 radical (unpaired) electrons. The fourth-order valence-corrected chi connectivity index (χ4v) is 1.82. The molecule has 0 fully saturated rings. The van der Waals surface area contributed by atoms with E-state index in [1.165, 1.54) is 0 Å². The lowest BCUT2D eigenvalue weighted by atomic mass is 10.2. The van der Waals surface area contributed by atoms with Gasteiger partial charge in [-0.1, -0.05) is 23.8 Å². The summed E-state index contributed by atoms with van der Waals surface area (Å²) in [5, 5.41) is 0.793. The van der Waals surface area contributed by atoms with Gasteiger partial charge in [0.15, 0.2) is 5.42 Å². The molecule has 1 heterocycles. The molecular weight excluding hydrogens is 214 g/mol. The number of rotatable bonds is 1. The molecule has 0 aliphatic heterocycles. The van der Waals surface area contributed by atoms with Gasteiger partial charge in [0.25, 0.3) is 0 Å². The zero-order valence-corrected chi connectivity index (χ0v) is 10.2. The van der Waals surface area contributed by atoms with Crippen LogP contribution >= 0.6 is 0 Å². The van der Waals surface area contributed by atoms with Crippen LogP contribution in [0.3, 0.4) is 0 Å². The standard InChI is InChI=1S/C14H15NO2/c1-4-12-13(5-2)17-14(16)15(12)11-8-6-10(3)7-9-11/h4-9H,1-3H3/b12-4+,13-5-. The molecule has 0 N–H and O–H groups in total. The maximum atomic E-state index is 11.8. The Bertz CT molecular complexity index is 687. The van der Waals surface area contributed by atoms with Gasteiger partial charge in [0, 0.05) is 0 Å². The highest BCUT2D eigenvalue weighted by Crippen LogP contribution is 2.04. The molecule has 0 spiro atoms. The minimum atomic E-state index is -0.352. The van der Waals surface area contributed by atoms with Gasteiger partial charge in [-0.2, -0.15) is 0 Å². The minimum Gasteiger partial charge on any atom is -0.408 e. The molecule has 2 rings (SSSR count). The molecule has 0 atom stereocenters. The first-order valence-electron chi connectivity index (χ1n) is 5.59. The molecule has 2 aromatic rings. The SMILES string of the molecule is C/C=c1\oc(=O)n(-c2ccc(C)cc2)\c1=C\C. The van der Waals surface area contributed by atoms with E-state index in [0.29, 0.717) is 5.42 Å². The highest BCUT2D eigenvalue weighted by atomic mass is 16.4. The summed E-state index contributed by atoms with van der Waals surface area (Å²) in [6.07, 6.45) is 3.67. The molecule has 1 aromatic heterocycles. The molecule has 88 valence electrons. The fourth-order valence-electron chi connectivity index (χ4n) is 1.82. The van der Waals surface area contributed by atoms with Gasteiger partial charge in [-0.25, -0.2) is 9.36 Å². The van der Waals surface area contributed by atoms with Gasteiger partial charge in [-0.15, -0.1) is 0 Å². The molecule has 0 saturated heterocycles. The molecule has 0 aliphatic carbocycles. The second-order valence-electron chi connectivity index (χ2n) is 3.87. The number of nitrogens with zero attached hydrogens (tertiary/aromatic N) is 1. The highest BCUT2D eigenvalue weighted by molar-refractivity contribution is 5.36. The van der Waals surface area contributed by atoms with Crippen molar-refractivity contribution >= 4 is 12.2 Å². The Hall–Kier alpha value is -2.03. The van der Waals surface area contributed by atoms with Crippen LogP contribution in [0.4, 0.5) is 0 Å². The number of hydrogen-bond donors (Lipinski definition) is 0. The number of benzene rings is 1. The van der Waals surface area contributed by atoms with E-state index in [2.05, 4.69) is 0 Å². The second kappa shape index (κ2) is 4.45. The van der Waals surface area contributed by atoms with Crippen molar-refractivity contribution in [2.75, 3.05) is 0 Å². The first-order chi connectivity index (χ1) is 8.17. The molecule has 17 heavy (non-hydrogen) atoms. The number of hydrogen-bond acceptors (Lipinski definition) is 2. The molecule has 3 nitrogen and oxygen atoms in total. The van der Waals surface area contributed by atoms with E-state index in [-0.39, 0.29) is 5.76 Å². The van der Waals surface area contributed by atoms with E-state index in [1.54, 1.807) is 10.6 Å². The van der Waals surface area contributed by atoms with E-state index in [0.717, 1.165) is 16.6 Å². The fraction of sp³-hybridized carbons (Fsp3) is 0.214. The summed E-state index contributed by atoms with van der Waals surface area (Å²) in [5.41, 5.74) is 2.60. The molecule has 3 heteroatoms. The Morgan fingerprint density at radius 1 is 1.12 bits per heavy atom. The summed E-state index contributed by atoms with van der Waals surface area (Å²) in [7, 11) is 0. The van der Waals surface area contributed by atoms with Crippen LogP contribution in [-0.4, -0.2) is 4.57 Å². The van der Waals surface area contributed by atoms with Gasteiger partial charge in [-0.05, 0) is 39.0 Å². The summed E-state index contributed by atoms with van der Waals surface area (Å²) in [4.78, 5) is 11.8. The van der Waals surface area contributed by atoms with Crippen molar-refractivity contribution in [1.29, 1.82) is 0 Å². The van der Waals surface area contributed by atoms with Gasteiger partial charge in [-0.3, -0.25) is 0 Å². The lowest BCUT2D eigenvalue weighted by Gasteiger charge is -2.00. The topological polar surface area (TPSA) is 35.1 Å². The molecular formula is C14H15NO2. The van der Waals surface area contributed by atoms with Gasteiger partial charge in [0.05, 0.1) is 11.0 Å². The Labute approximate surface area is 99.3 Å². The number of aryl methyl sites for hydroxylation is 1. The van der Waals surface area contributed by atoms with E-state index >= 15 is 0 Å². The van der Waals surface area contributed by atoms with Crippen molar-refractivity contribution in [3.05, 3.63) is 51.1 Å². The molecule has 0 saturated carbocycles. The van der Waals surface area contributed by atoms with Crippen LogP contribution in [0.25, 0.3) is 17.8 Å². The van der Waals surface area contributed by atoms with Crippen LogP contribution in [0, 0.1) is 6.92 Å². The van der Waals surface area contributed by atoms with Crippen molar-refractivity contribution in [1.82, 2.24) is 4.57 Å². The Morgan fingerprint density at radius 2 is 1.76 bits per heavy atom. The van der Waals surface area contributed by atoms with E-state index in [1.807, 2.05) is 51.1 Å². The lowest BCUT2D eigenvalue weighted by Crippen LogP contribution is -2.30. The van der Waals surface area contributed by atoms with Gasteiger partial charge in [0.2, 0.25) is 0 Å². The highest BCUT2D eigenvalue weighted by Gasteiger charge is 2.06. The summed E-state index contributed by atoms with van der Waals surface area (Å²) in [6, 6.07) is 7.78. The summed E-state index contributed by atoms with van der Waals surface area (Å²) in [6.45, 7) is 5.76.